The predicted octanol–water partition coefficient (Wildman–Crippen LogP) is 3.63. The fourth-order valence-corrected chi connectivity index (χ4v) is 2.74. The number of benzene rings is 2. The summed E-state index contributed by atoms with van der Waals surface area (Å²) in [5, 5.41) is 0. The summed E-state index contributed by atoms with van der Waals surface area (Å²) < 4.78 is 31.9. The van der Waals surface area contributed by atoms with E-state index < -0.39 is 0 Å². The molecule has 0 saturated heterocycles. The van der Waals surface area contributed by atoms with Gasteiger partial charge in [0, 0.05) is 6.07 Å². The van der Waals surface area contributed by atoms with E-state index >= 15 is 0 Å². The van der Waals surface area contributed by atoms with Crippen molar-refractivity contribution in [2.45, 2.75) is 0 Å². The molecule has 0 atom stereocenters. The Morgan fingerprint density at radius 1 is 0.679 bits per heavy atom. The van der Waals surface area contributed by atoms with Gasteiger partial charge in [0.1, 0.15) is 11.3 Å². The largest absolute Gasteiger partial charge is 0.496 e. The number of ketones is 1. The molecule has 0 heterocycles. The van der Waals surface area contributed by atoms with Crippen molar-refractivity contribution in [1.82, 2.24) is 0 Å². The maximum Gasteiger partial charge on any atom is 0.204 e. The highest BCUT2D eigenvalue weighted by Crippen LogP contribution is 2.45. The molecule has 0 saturated carbocycles. The molecule has 0 aliphatic heterocycles. The normalized spacial score (nSPS) is 10.5. The Morgan fingerprint density at radius 3 is 1.82 bits per heavy atom. The first kappa shape index (κ1) is 21.0. The van der Waals surface area contributed by atoms with Crippen LogP contribution in [0.5, 0.6) is 34.5 Å². The average Bonchev–Trinajstić information content (AvgIpc) is 2.75. The van der Waals surface area contributed by atoms with Gasteiger partial charge in [0.2, 0.25) is 5.75 Å². The fraction of sp³-hybridized carbons (Fsp3) is 0.286. The lowest BCUT2D eigenvalue weighted by molar-refractivity contribution is 0.104. The molecule has 0 unspecified atom stereocenters. The molecular formula is C21H24O7. The van der Waals surface area contributed by atoms with Crippen LogP contribution in [-0.4, -0.2) is 48.4 Å². The van der Waals surface area contributed by atoms with Crippen molar-refractivity contribution in [1.29, 1.82) is 0 Å². The number of ether oxygens (including phenoxy) is 6. The van der Waals surface area contributed by atoms with Crippen LogP contribution in [-0.2, 0) is 0 Å². The Morgan fingerprint density at radius 2 is 1.29 bits per heavy atom. The van der Waals surface area contributed by atoms with Gasteiger partial charge in [-0.25, -0.2) is 0 Å². The molecule has 0 spiro atoms. The summed E-state index contributed by atoms with van der Waals surface area (Å²) >= 11 is 0. The van der Waals surface area contributed by atoms with Gasteiger partial charge in [-0.2, -0.15) is 0 Å². The summed E-state index contributed by atoms with van der Waals surface area (Å²) in [4.78, 5) is 12.9. The number of rotatable bonds is 9. The van der Waals surface area contributed by atoms with E-state index in [0.29, 0.717) is 28.7 Å². The van der Waals surface area contributed by atoms with E-state index in [1.165, 1.54) is 34.5 Å². The van der Waals surface area contributed by atoms with Crippen LogP contribution in [0.1, 0.15) is 15.9 Å². The smallest absolute Gasteiger partial charge is 0.204 e. The Bertz CT molecular complexity index is 872. The predicted molar refractivity (Wildman–Crippen MR) is 106 cm³/mol. The molecule has 0 aliphatic carbocycles. The van der Waals surface area contributed by atoms with Crippen LogP contribution < -0.4 is 28.4 Å². The van der Waals surface area contributed by atoms with E-state index in [9.17, 15) is 4.79 Å². The summed E-state index contributed by atoms with van der Waals surface area (Å²) in [6.07, 6.45) is 3.09. The first-order valence-corrected chi connectivity index (χ1v) is 8.35. The quantitative estimate of drug-likeness (QED) is 0.480. The third-order valence-corrected chi connectivity index (χ3v) is 4.09. The maximum atomic E-state index is 12.9. The van der Waals surface area contributed by atoms with Crippen molar-refractivity contribution in [3.63, 3.8) is 0 Å². The molecular weight excluding hydrogens is 364 g/mol. The molecule has 0 aliphatic rings. The van der Waals surface area contributed by atoms with Crippen LogP contribution in [0.25, 0.3) is 6.08 Å². The zero-order valence-electron chi connectivity index (χ0n) is 16.8. The fourth-order valence-electron chi connectivity index (χ4n) is 2.74. The van der Waals surface area contributed by atoms with Gasteiger partial charge in [-0.05, 0) is 23.8 Å². The first-order valence-electron chi connectivity index (χ1n) is 8.35. The van der Waals surface area contributed by atoms with Gasteiger partial charge in [0.25, 0.3) is 0 Å². The number of hydrogen-bond acceptors (Lipinski definition) is 7. The number of hydrogen-bond donors (Lipinski definition) is 0. The molecule has 2 aromatic rings. The Labute approximate surface area is 164 Å². The van der Waals surface area contributed by atoms with Crippen molar-refractivity contribution < 1.29 is 33.2 Å². The highest BCUT2D eigenvalue weighted by Gasteiger charge is 2.25. The Balaban J connectivity index is 2.47. The monoisotopic (exact) mass is 388 g/mol. The van der Waals surface area contributed by atoms with E-state index in [4.69, 9.17) is 28.4 Å². The summed E-state index contributed by atoms with van der Waals surface area (Å²) in [6, 6.07) is 6.93. The lowest BCUT2D eigenvalue weighted by atomic mass is 10.0. The van der Waals surface area contributed by atoms with E-state index in [0.717, 1.165) is 5.56 Å². The highest BCUT2D eigenvalue weighted by molar-refractivity contribution is 6.11. The number of carbonyl (C=O) groups is 1. The van der Waals surface area contributed by atoms with Crippen molar-refractivity contribution in [3.05, 3.63) is 41.5 Å². The molecule has 0 N–H and O–H groups in total. The molecule has 0 fully saturated rings. The molecule has 0 amide bonds. The van der Waals surface area contributed by atoms with Crippen LogP contribution in [0.3, 0.4) is 0 Å². The first-order chi connectivity index (χ1) is 13.5. The average molecular weight is 388 g/mol. The summed E-state index contributed by atoms with van der Waals surface area (Å²) in [6.45, 7) is 0. The summed E-state index contributed by atoms with van der Waals surface area (Å²) in [5.41, 5.74) is 1.00. The highest BCUT2D eigenvalue weighted by atomic mass is 16.5. The van der Waals surface area contributed by atoms with E-state index in [-0.39, 0.29) is 17.1 Å². The summed E-state index contributed by atoms with van der Waals surface area (Å²) in [5.74, 6) is 2.12. The van der Waals surface area contributed by atoms with Crippen LogP contribution in [0.2, 0.25) is 0 Å². The molecule has 0 radical (unpaired) electrons. The van der Waals surface area contributed by atoms with E-state index in [2.05, 4.69) is 0 Å². The Kier molecular flexibility index (Phi) is 7.14. The van der Waals surface area contributed by atoms with Gasteiger partial charge < -0.3 is 28.4 Å². The van der Waals surface area contributed by atoms with Gasteiger partial charge >= 0.3 is 0 Å². The van der Waals surface area contributed by atoms with Crippen molar-refractivity contribution >= 4 is 11.9 Å². The lowest BCUT2D eigenvalue weighted by Gasteiger charge is -2.17. The zero-order chi connectivity index (χ0) is 20.7. The minimum absolute atomic E-state index is 0.236. The van der Waals surface area contributed by atoms with Gasteiger partial charge in [-0.1, -0.05) is 12.1 Å². The number of carbonyl (C=O) groups excluding carboxylic acids is 1. The third-order valence-electron chi connectivity index (χ3n) is 4.09. The summed E-state index contributed by atoms with van der Waals surface area (Å²) in [7, 11) is 9.00. The van der Waals surface area contributed by atoms with Crippen molar-refractivity contribution in [2.75, 3.05) is 42.7 Å². The van der Waals surface area contributed by atoms with Crippen LogP contribution in [0.4, 0.5) is 0 Å². The van der Waals surface area contributed by atoms with Gasteiger partial charge in [0.15, 0.2) is 28.8 Å². The van der Waals surface area contributed by atoms with Crippen LogP contribution >= 0.6 is 0 Å². The zero-order valence-corrected chi connectivity index (χ0v) is 16.8. The van der Waals surface area contributed by atoms with Crippen molar-refractivity contribution in [2.24, 2.45) is 0 Å². The third kappa shape index (κ3) is 4.14. The lowest BCUT2D eigenvalue weighted by Crippen LogP contribution is -2.06. The van der Waals surface area contributed by atoms with Crippen LogP contribution in [0.15, 0.2) is 30.3 Å². The number of allylic oxidation sites excluding steroid dienone is 1. The standard InChI is InChI=1S/C21H24O7/c1-23-15-10-8-13(11-16(15)24-2)7-9-14(22)19-17(25-3)12-18(26-4)20(27-5)21(19)28-6/h7-12H,1-6H3. The number of methoxy groups -OCH3 is 6. The second-order valence-electron chi connectivity index (χ2n) is 5.53. The van der Waals surface area contributed by atoms with Gasteiger partial charge in [-0.3, -0.25) is 4.79 Å². The minimum Gasteiger partial charge on any atom is -0.496 e. The second kappa shape index (κ2) is 9.55. The molecule has 150 valence electrons. The van der Waals surface area contributed by atoms with E-state index in [1.807, 2.05) is 6.07 Å². The molecule has 2 rings (SSSR count). The molecule has 7 nitrogen and oxygen atoms in total. The SMILES string of the molecule is COc1ccc(C=CC(=O)c2c(OC)cc(OC)c(OC)c2OC)cc1OC. The molecule has 2 aromatic carbocycles. The van der Waals surface area contributed by atoms with Crippen LogP contribution in [0, 0.1) is 0 Å². The topological polar surface area (TPSA) is 72.5 Å². The second-order valence-corrected chi connectivity index (χ2v) is 5.53. The van der Waals surface area contributed by atoms with Crippen molar-refractivity contribution in [3.8, 4) is 34.5 Å². The molecule has 7 heteroatoms. The maximum absolute atomic E-state index is 12.9. The molecule has 28 heavy (non-hydrogen) atoms. The minimum atomic E-state index is -0.315. The van der Waals surface area contributed by atoms with Gasteiger partial charge in [0.05, 0.1) is 42.7 Å². The van der Waals surface area contributed by atoms with Gasteiger partial charge in [-0.15, -0.1) is 0 Å². The molecule has 0 aromatic heterocycles. The van der Waals surface area contributed by atoms with E-state index in [1.54, 1.807) is 38.5 Å². The Hall–Kier alpha value is -3.35. The molecule has 0 bridgehead atoms.